The summed E-state index contributed by atoms with van der Waals surface area (Å²) < 4.78 is 7.45. The van der Waals surface area contributed by atoms with Gasteiger partial charge in [-0.2, -0.15) is 0 Å². The Morgan fingerprint density at radius 2 is 1.82 bits per heavy atom. The SMILES string of the molecule is [2H]N1CCC(N2CCCC2)CC1. The maximum absolute atomic E-state index is 7.45. The summed E-state index contributed by atoms with van der Waals surface area (Å²) in [4.78, 5) is 2.62. The third-order valence-electron chi connectivity index (χ3n) is 2.90. The van der Waals surface area contributed by atoms with Crippen molar-refractivity contribution < 1.29 is 1.41 Å². The van der Waals surface area contributed by atoms with Gasteiger partial charge in [-0.15, -0.1) is 0 Å². The molecule has 0 spiro atoms. The topological polar surface area (TPSA) is 15.3 Å². The quantitative estimate of drug-likeness (QED) is 0.603. The van der Waals surface area contributed by atoms with Crippen molar-refractivity contribution in [3.8, 4) is 0 Å². The summed E-state index contributed by atoms with van der Waals surface area (Å²) in [6.45, 7) is 4.56. The largest absolute Gasteiger partial charge is 0.317 e. The molecule has 1 N–H and O–H groups in total. The van der Waals surface area contributed by atoms with E-state index >= 15 is 0 Å². The van der Waals surface area contributed by atoms with Gasteiger partial charge in [0.15, 0.2) is 0 Å². The van der Waals surface area contributed by atoms with Crippen LogP contribution in [0.5, 0.6) is 0 Å². The van der Waals surface area contributed by atoms with Gasteiger partial charge in [0.1, 0.15) is 1.41 Å². The van der Waals surface area contributed by atoms with E-state index in [9.17, 15) is 0 Å². The Hall–Kier alpha value is -0.0800. The number of hydrogen-bond acceptors (Lipinski definition) is 2. The summed E-state index contributed by atoms with van der Waals surface area (Å²) in [7, 11) is 0. The first-order valence-corrected chi connectivity index (χ1v) is 4.84. The molecule has 0 unspecified atom stereocenters. The van der Waals surface area contributed by atoms with Crippen LogP contribution in [0.2, 0.25) is 1.41 Å². The van der Waals surface area contributed by atoms with Crippen molar-refractivity contribution in [3.63, 3.8) is 0 Å². The Bertz CT molecular complexity index is 137. The highest BCUT2D eigenvalue weighted by atomic mass is 15.2. The third kappa shape index (κ3) is 1.74. The predicted octanol–water partition coefficient (Wildman–Crippen LogP) is 0.834. The van der Waals surface area contributed by atoms with Crippen LogP contribution in [-0.4, -0.2) is 37.1 Å². The third-order valence-corrected chi connectivity index (χ3v) is 2.90. The first kappa shape index (κ1) is 6.44. The summed E-state index contributed by atoms with van der Waals surface area (Å²) >= 11 is 0. The Labute approximate surface area is 70.4 Å². The highest BCUT2D eigenvalue weighted by Gasteiger charge is 2.22. The van der Waals surface area contributed by atoms with Crippen molar-refractivity contribution in [1.82, 2.24) is 10.2 Å². The Kier molecular flexibility index (Phi) is 2.08. The molecule has 2 fully saturated rings. The molecule has 0 bridgehead atoms. The van der Waals surface area contributed by atoms with E-state index in [1.807, 2.05) is 0 Å². The molecule has 2 heterocycles. The second kappa shape index (κ2) is 3.55. The lowest BCUT2D eigenvalue weighted by Gasteiger charge is -2.31. The second-order valence-electron chi connectivity index (χ2n) is 3.65. The molecule has 2 rings (SSSR count). The maximum Gasteiger partial charge on any atom is 0.122 e. The monoisotopic (exact) mass is 155 g/mol. The summed E-state index contributed by atoms with van der Waals surface area (Å²) in [6, 6.07) is 0.800. The summed E-state index contributed by atoms with van der Waals surface area (Å²) in [5, 5.41) is 1.70. The standard InChI is InChI=1S/C9H18N2/c1-2-8-11(7-1)9-3-5-10-6-4-9/h9-10H,1-8H2/i/hD. The van der Waals surface area contributed by atoms with Crippen LogP contribution in [0.3, 0.4) is 0 Å². The zero-order valence-corrected chi connectivity index (χ0v) is 7.13. The lowest BCUT2D eigenvalue weighted by atomic mass is 10.1. The molecule has 0 atom stereocenters. The van der Waals surface area contributed by atoms with Crippen LogP contribution in [0.15, 0.2) is 0 Å². The van der Waals surface area contributed by atoms with E-state index in [0.717, 1.165) is 19.1 Å². The van der Waals surface area contributed by atoms with Gasteiger partial charge in [-0.05, 0) is 51.9 Å². The van der Waals surface area contributed by atoms with Gasteiger partial charge in [0.2, 0.25) is 0 Å². The fourth-order valence-corrected chi connectivity index (χ4v) is 2.21. The van der Waals surface area contributed by atoms with Crippen molar-refractivity contribution in [2.45, 2.75) is 31.7 Å². The molecule has 0 amide bonds. The van der Waals surface area contributed by atoms with Crippen LogP contribution in [0.1, 0.15) is 25.7 Å². The first-order chi connectivity index (χ1) is 5.86. The number of piperidine rings is 1. The van der Waals surface area contributed by atoms with Crippen molar-refractivity contribution in [3.05, 3.63) is 0 Å². The van der Waals surface area contributed by atoms with Crippen molar-refractivity contribution in [1.29, 1.82) is 0 Å². The number of likely N-dealkylation sites (tertiary alicyclic amines) is 1. The van der Waals surface area contributed by atoms with Gasteiger partial charge in [0.25, 0.3) is 0 Å². The molecule has 2 aliphatic heterocycles. The minimum Gasteiger partial charge on any atom is -0.317 e. The van der Waals surface area contributed by atoms with Gasteiger partial charge in [-0.1, -0.05) is 0 Å². The zero-order valence-electron chi connectivity index (χ0n) is 8.13. The Balaban J connectivity index is 1.80. The lowest BCUT2D eigenvalue weighted by molar-refractivity contribution is 0.199. The van der Waals surface area contributed by atoms with E-state index in [4.69, 9.17) is 1.41 Å². The van der Waals surface area contributed by atoms with Crippen LogP contribution in [-0.2, 0) is 0 Å². The van der Waals surface area contributed by atoms with Crippen molar-refractivity contribution in [2.24, 2.45) is 0 Å². The fraction of sp³-hybridized carbons (Fsp3) is 1.00. The van der Waals surface area contributed by atoms with Crippen LogP contribution >= 0.6 is 0 Å². The van der Waals surface area contributed by atoms with Gasteiger partial charge in [0, 0.05) is 6.04 Å². The van der Waals surface area contributed by atoms with E-state index in [-0.39, 0.29) is 0 Å². The van der Waals surface area contributed by atoms with E-state index in [1.165, 1.54) is 38.8 Å². The molecule has 0 aliphatic carbocycles. The molecule has 2 saturated heterocycles. The molecule has 2 heteroatoms. The average molecular weight is 155 g/mol. The fourth-order valence-electron chi connectivity index (χ4n) is 2.21. The summed E-state index contributed by atoms with van der Waals surface area (Å²) in [5.41, 5.74) is 0. The molecule has 2 aliphatic rings. The van der Waals surface area contributed by atoms with Gasteiger partial charge in [-0.3, -0.25) is 0 Å². The molecule has 0 saturated carbocycles. The van der Waals surface area contributed by atoms with Crippen LogP contribution in [0.4, 0.5) is 0 Å². The number of nitrogens with zero attached hydrogens (tertiary/aromatic N) is 1. The van der Waals surface area contributed by atoms with E-state index in [1.54, 1.807) is 5.31 Å². The van der Waals surface area contributed by atoms with Gasteiger partial charge >= 0.3 is 0 Å². The highest BCUT2D eigenvalue weighted by molar-refractivity contribution is 4.80. The van der Waals surface area contributed by atoms with Gasteiger partial charge in [0.05, 0.1) is 0 Å². The van der Waals surface area contributed by atoms with E-state index in [0.29, 0.717) is 0 Å². The summed E-state index contributed by atoms with van der Waals surface area (Å²) in [5.74, 6) is 0. The summed E-state index contributed by atoms with van der Waals surface area (Å²) in [6.07, 6.45) is 5.20. The van der Waals surface area contributed by atoms with Gasteiger partial charge in [-0.25, -0.2) is 0 Å². The molecular formula is C9H18N2. The molecule has 2 nitrogen and oxygen atoms in total. The smallest absolute Gasteiger partial charge is 0.122 e. The molecular weight excluding hydrogens is 136 g/mol. The van der Waals surface area contributed by atoms with E-state index < -0.39 is 0 Å². The van der Waals surface area contributed by atoms with Crippen LogP contribution in [0, 0.1) is 0 Å². The predicted molar refractivity (Wildman–Crippen MR) is 46.7 cm³/mol. The van der Waals surface area contributed by atoms with Crippen LogP contribution in [0.25, 0.3) is 0 Å². The molecule has 64 valence electrons. The minimum absolute atomic E-state index is 0.800. The Morgan fingerprint density at radius 1 is 1.18 bits per heavy atom. The molecule has 0 aromatic heterocycles. The van der Waals surface area contributed by atoms with Gasteiger partial charge < -0.3 is 10.2 Å². The number of rotatable bonds is 1. The maximum atomic E-state index is 7.45. The highest BCUT2D eigenvalue weighted by Crippen LogP contribution is 2.17. The molecule has 0 aromatic rings. The molecule has 11 heavy (non-hydrogen) atoms. The first-order valence-electron chi connectivity index (χ1n) is 5.29. The van der Waals surface area contributed by atoms with Crippen molar-refractivity contribution in [2.75, 3.05) is 26.2 Å². The minimum atomic E-state index is 0.800. The second-order valence-corrected chi connectivity index (χ2v) is 3.65. The number of nitrogens with one attached hydrogen (secondary N) is 1. The average Bonchev–Trinajstić information content (AvgIpc) is 2.58. The Morgan fingerprint density at radius 3 is 2.45 bits per heavy atom. The zero-order chi connectivity index (χ0) is 8.39. The van der Waals surface area contributed by atoms with Crippen molar-refractivity contribution >= 4 is 0 Å². The normalized spacial score (nSPS) is 32.5. The van der Waals surface area contributed by atoms with E-state index in [2.05, 4.69) is 4.90 Å². The lowest BCUT2D eigenvalue weighted by Crippen LogP contribution is -2.41. The van der Waals surface area contributed by atoms with Crippen LogP contribution < -0.4 is 5.31 Å². The molecule has 0 aromatic carbocycles. The number of hydrogen-bond donors (Lipinski definition) is 1. The molecule has 0 radical (unpaired) electrons.